The maximum Gasteiger partial charge on any atom is 0.243 e. The van der Waals surface area contributed by atoms with Crippen molar-refractivity contribution in [1.82, 2.24) is 9.80 Å². The first-order valence-electron chi connectivity index (χ1n) is 10.0. The van der Waals surface area contributed by atoms with Crippen LogP contribution in [0.4, 0.5) is 4.39 Å². The Kier molecular flexibility index (Phi) is 4.05. The molecule has 1 amide bonds. The maximum atomic E-state index is 14.4. The number of rotatable bonds is 4. The minimum Gasteiger partial charge on any atom is -0.340 e. The van der Waals surface area contributed by atoms with E-state index in [0.29, 0.717) is 5.92 Å². The third kappa shape index (κ3) is 2.53. The molecule has 3 atom stereocenters. The van der Waals surface area contributed by atoms with Gasteiger partial charge in [0, 0.05) is 30.6 Å². The van der Waals surface area contributed by atoms with Crippen LogP contribution >= 0.6 is 0 Å². The number of carbonyl (C=O) groups is 1. The second kappa shape index (κ2) is 6.45. The molecule has 3 aliphatic heterocycles. The van der Waals surface area contributed by atoms with Gasteiger partial charge in [-0.25, -0.2) is 4.39 Å². The molecular formula is C23H25FN2O. The van der Waals surface area contributed by atoms with Crippen molar-refractivity contribution in [3.63, 3.8) is 0 Å². The predicted octanol–water partition coefficient (Wildman–Crippen LogP) is 3.81. The zero-order valence-electron chi connectivity index (χ0n) is 15.5. The molecule has 2 aromatic rings. The summed E-state index contributed by atoms with van der Waals surface area (Å²) in [5, 5.41) is 0. The zero-order chi connectivity index (χ0) is 18.4. The average molecular weight is 364 g/mol. The Morgan fingerprint density at radius 1 is 1.07 bits per heavy atom. The lowest BCUT2D eigenvalue weighted by Gasteiger charge is -2.33. The van der Waals surface area contributed by atoms with Crippen molar-refractivity contribution in [2.45, 2.75) is 37.3 Å². The minimum absolute atomic E-state index is 0.0407. The molecule has 2 aromatic carbocycles. The Balaban J connectivity index is 1.38. The van der Waals surface area contributed by atoms with Gasteiger partial charge in [0.15, 0.2) is 0 Å². The van der Waals surface area contributed by atoms with E-state index in [1.807, 2.05) is 30.3 Å². The summed E-state index contributed by atoms with van der Waals surface area (Å²) in [5.74, 6) is 0.450. The molecule has 140 valence electrons. The van der Waals surface area contributed by atoms with Gasteiger partial charge in [0.25, 0.3) is 0 Å². The lowest BCUT2D eigenvalue weighted by atomic mass is 9.85. The summed E-state index contributed by atoms with van der Waals surface area (Å²) in [6, 6.07) is 17.5. The van der Waals surface area contributed by atoms with Crippen LogP contribution in [0.2, 0.25) is 0 Å². The molecule has 3 nitrogen and oxygen atoms in total. The lowest BCUT2D eigenvalue weighted by molar-refractivity contribution is -0.137. The summed E-state index contributed by atoms with van der Waals surface area (Å²) in [7, 11) is 0. The number of hydrogen-bond acceptors (Lipinski definition) is 2. The largest absolute Gasteiger partial charge is 0.340 e. The Morgan fingerprint density at radius 2 is 1.85 bits per heavy atom. The summed E-state index contributed by atoms with van der Waals surface area (Å²) in [4.78, 5) is 17.9. The van der Waals surface area contributed by atoms with E-state index in [-0.39, 0.29) is 23.3 Å². The van der Waals surface area contributed by atoms with E-state index in [9.17, 15) is 9.18 Å². The van der Waals surface area contributed by atoms with E-state index in [4.69, 9.17) is 0 Å². The van der Waals surface area contributed by atoms with Crippen molar-refractivity contribution >= 4 is 5.91 Å². The number of halogens is 1. The van der Waals surface area contributed by atoms with Crippen LogP contribution in [-0.2, 0) is 11.2 Å². The Labute approximate surface area is 159 Å². The number of amides is 1. The van der Waals surface area contributed by atoms with Gasteiger partial charge in [0.1, 0.15) is 11.4 Å². The zero-order valence-corrected chi connectivity index (χ0v) is 15.5. The van der Waals surface area contributed by atoms with Crippen LogP contribution in [0.5, 0.6) is 0 Å². The smallest absolute Gasteiger partial charge is 0.243 e. The van der Waals surface area contributed by atoms with Crippen molar-refractivity contribution in [1.29, 1.82) is 0 Å². The highest BCUT2D eigenvalue weighted by Crippen LogP contribution is 2.56. The van der Waals surface area contributed by atoms with Gasteiger partial charge in [-0.3, -0.25) is 9.69 Å². The fraction of sp³-hybridized carbons (Fsp3) is 0.435. The normalized spacial score (nSPS) is 30.0. The van der Waals surface area contributed by atoms with E-state index >= 15 is 0 Å². The highest BCUT2D eigenvalue weighted by molar-refractivity contribution is 5.90. The summed E-state index contributed by atoms with van der Waals surface area (Å²) >= 11 is 0. The summed E-state index contributed by atoms with van der Waals surface area (Å²) in [6.07, 6.45) is 3.73. The molecule has 0 N–H and O–H groups in total. The second-order valence-electron chi connectivity index (χ2n) is 8.18. The first-order chi connectivity index (χ1) is 13.2. The molecule has 0 radical (unpaired) electrons. The monoisotopic (exact) mass is 364 g/mol. The highest BCUT2D eigenvalue weighted by atomic mass is 19.1. The van der Waals surface area contributed by atoms with Crippen LogP contribution in [-0.4, -0.2) is 40.9 Å². The molecule has 1 spiro atoms. The molecule has 0 aliphatic carbocycles. The van der Waals surface area contributed by atoms with Gasteiger partial charge in [0.2, 0.25) is 5.91 Å². The summed E-state index contributed by atoms with van der Waals surface area (Å²) in [6.45, 7) is 2.49. The van der Waals surface area contributed by atoms with Gasteiger partial charge >= 0.3 is 0 Å². The molecule has 0 bridgehead atoms. The topological polar surface area (TPSA) is 23.6 Å². The molecule has 3 aliphatic rings. The average Bonchev–Trinajstić information content (AvgIpc) is 3.32. The minimum atomic E-state index is -0.385. The fourth-order valence-electron chi connectivity index (χ4n) is 5.72. The van der Waals surface area contributed by atoms with E-state index in [1.165, 1.54) is 5.56 Å². The van der Waals surface area contributed by atoms with Gasteiger partial charge in [-0.2, -0.15) is 0 Å². The lowest BCUT2D eigenvalue weighted by Crippen LogP contribution is -2.50. The molecule has 3 heterocycles. The second-order valence-corrected chi connectivity index (χ2v) is 8.18. The molecule has 5 rings (SSSR count). The van der Waals surface area contributed by atoms with Crippen LogP contribution in [0, 0.1) is 11.7 Å². The van der Waals surface area contributed by atoms with Crippen LogP contribution in [0.3, 0.4) is 0 Å². The molecule has 0 saturated carbocycles. The Hall–Kier alpha value is -2.20. The predicted molar refractivity (Wildman–Crippen MR) is 103 cm³/mol. The molecule has 0 aromatic heterocycles. The van der Waals surface area contributed by atoms with Crippen molar-refractivity contribution < 1.29 is 9.18 Å². The SMILES string of the molecule is O=C1N(CCc2ccccc2)C[C@@H]2C[C@@H](c3ccccc3F)N3CCC[C@@]123. The molecule has 27 heavy (non-hydrogen) atoms. The van der Waals surface area contributed by atoms with Gasteiger partial charge in [-0.15, -0.1) is 0 Å². The highest BCUT2D eigenvalue weighted by Gasteiger charge is 2.65. The number of carbonyl (C=O) groups excluding carboxylic acids is 1. The number of nitrogens with zero attached hydrogens (tertiary/aromatic N) is 2. The first-order valence-corrected chi connectivity index (χ1v) is 10.0. The maximum absolute atomic E-state index is 14.4. The third-order valence-electron chi connectivity index (χ3n) is 6.90. The van der Waals surface area contributed by atoms with Gasteiger partial charge in [-0.05, 0) is 43.9 Å². The third-order valence-corrected chi connectivity index (χ3v) is 6.90. The van der Waals surface area contributed by atoms with Gasteiger partial charge in [-0.1, -0.05) is 48.5 Å². The standard InChI is InChI=1S/C23H25FN2O/c24-20-10-5-4-9-19(20)21-15-18-16-25(14-11-17-7-2-1-3-8-17)22(27)23(18)12-6-13-26(21)23/h1-5,7-10,18,21H,6,11-16H2/t18-,21-,23-/m0/s1. The van der Waals surface area contributed by atoms with E-state index in [2.05, 4.69) is 21.9 Å². The number of hydrogen-bond donors (Lipinski definition) is 0. The van der Waals surface area contributed by atoms with Gasteiger partial charge in [0.05, 0.1) is 0 Å². The molecule has 4 heteroatoms. The van der Waals surface area contributed by atoms with E-state index < -0.39 is 0 Å². The molecular weight excluding hydrogens is 339 g/mol. The first kappa shape index (κ1) is 16.9. The van der Waals surface area contributed by atoms with Crippen molar-refractivity contribution in [2.24, 2.45) is 5.92 Å². The van der Waals surface area contributed by atoms with E-state index in [1.54, 1.807) is 12.1 Å². The molecule has 3 saturated heterocycles. The van der Waals surface area contributed by atoms with Crippen LogP contribution in [0.1, 0.15) is 36.4 Å². The van der Waals surface area contributed by atoms with Crippen molar-refractivity contribution in [3.05, 3.63) is 71.5 Å². The quantitative estimate of drug-likeness (QED) is 0.824. The number of benzene rings is 2. The Morgan fingerprint density at radius 3 is 2.67 bits per heavy atom. The summed E-state index contributed by atoms with van der Waals surface area (Å²) in [5.41, 5.74) is 1.65. The van der Waals surface area contributed by atoms with Crippen molar-refractivity contribution in [3.8, 4) is 0 Å². The van der Waals surface area contributed by atoms with Crippen LogP contribution in [0.25, 0.3) is 0 Å². The Bertz CT molecular complexity index is 854. The van der Waals surface area contributed by atoms with E-state index in [0.717, 1.165) is 50.9 Å². The van der Waals surface area contributed by atoms with Crippen molar-refractivity contribution in [2.75, 3.05) is 19.6 Å². The van der Waals surface area contributed by atoms with Crippen LogP contribution < -0.4 is 0 Å². The fourth-order valence-corrected chi connectivity index (χ4v) is 5.72. The van der Waals surface area contributed by atoms with Crippen LogP contribution in [0.15, 0.2) is 54.6 Å². The number of likely N-dealkylation sites (tertiary alicyclic amines) is 1. The van der Waals surface area contributed by atoms with Gasteiger partial charge < -0.3 is 4.90 Å². The molecule has 0 unspecified atom stereocenters. The molecule has 3 fully saturated rings. The summed E-state index contributed by atoms with van der Waals surface area (Å²) < 4.78 is 14.4.